The van der Waals surface area contributed by atoms with Crippen LogP contribution in [0.4, 0.5) is 4.39 Å². The molecule has 8 nitrogen and oxygen atoms in total. The number of primary amides is 1. The summed E-state index contributed by atoms with van der Waals surface area (Å²) < 4.78 is 15.1. The maximum atomic E-state index is 13.5. The molecular formula is C35H30FN5O3. The van der Waals surface area contributed by atoms with Crippen LogP contribution >= 0.6 is 0 Å². The minimum absolute atomic E-state index is 0.00633. The molecule has 3 N–H and O–H groups in total. The molecule has 2 amide bonds. The van der Waals surface area contributed by atoms with Crippen molar-refractivity contribution in [1.29, 1.82) is 0 Å². The van der Waals surface area contributed by atoms with Gasteiger partial charge in [0.1, 0.15) is 5.82 Å². The molecule has 0 spiro atoms. The summed E-state index contributed by atoms with van der Waals surface area (Å²) in [5.41, 5.74) is 11.5. The van der Waals surface area contributed by atoms with E-state index >= 15 is 0 Å². The monoisotopic (exact) mass is 587 g/mol. The number of nitrogens with zero attached hydrogens (tertiary/aromatic N) is 3. The predicted octanol–water partition coefficient (Wildman–Crippen LogP) is 5.19. The number of nitrogens with one attached hydrogen (secondary N) is 1. The van der Waals surface area contributed by atoms with Crippen LogP contribution in [0.15, 0.2) is 85.1 Å². The first kappa shape index (κ1) is 27.5. The highest BCUT2D eigenvalue weighted by atomic mass is 19.1. The summed E-state index contributed by atoms with van der Waals surface area (Å²) in [7, 11) is 2.05. The Morgan fingerprint density at radius 2 is 1.57 bits per heavy atom. The third-order valence-electron chi connectivity index (χ3n) is 8.58. The lowest BCUT2D eigenvalue weighted by molar-refractivity contribution is -0.117. The number of rotatable bonds is 5. The smallest absolute Gasteiger partial charge is 0.262 e. The number of benzene rings is 4. The first-order valence-electron chi connectivity index (χ1n) is 14.5. The van der Waals surface area contributed by atoms with Gasteiger partial charge in [-0.1, -0.05) is 30.3 Å². The Kier molecular flexibility index (Phi) is 6.74. The van der Waals surface area contributed by atoms with Gasteiger partial charge in [0.15, 0.2) is 0 Å². The van der Waals surface area contributed by atoms with Crippen LogP contribution in [0.1, 0.15) is 26.3 Å². The highest BCUT2D eigenvalue weighted by Gasteiger charge is 2.23. The van der Waals surface area contributed by atoms with E-state index in [1.54, 1.807) is 10.8 Å². The molecule has 0 radical (unpaired) electrons. The number of likely N-dealkylation sites (N-methyl/N-ethyl adjacent to an activating group) is 1. The second kappa shape index (κ2) is 10.8. The lowest BCUT2D eigenvalue weighted by atomic mass is 9.94. The molecule has 0 saturated carbocycles. The van der Waals surface area contributed by atoms with Gasteiger partial charge in [-0.2, -0.15) is 0 Å². The molecule has 220 valence electrons. The molecule has 0 bridgehead atoms. The van der Waals surface area contributed by atoms with Crippen molar-refractivity contribution in [1.82, 2.24) is 19.4 Å². The van der Waals surface area contributed by atoms with Crippen LogP contribution in [0.2, 0.25) is 0 Å². The van der Waals surface area contributed by atoms with Gasteiger partial charge in [-0.25, -0.2) is 4.39 Å². The number of aromatic nitrogens is 2. The largest absolute Gasteiger partial charge is 0.369 e. The Hall–Kier alpha value is -5.28. The molecular weight excluding hydrogens is 557 g/mol. The molecule has 0 atom stereocenters. The van der Waals surface area contributed by atoms with Gasteiger partial charge in [0, 0.05) is 65.2 Å². The summed E-state index contributed by atoms with van der Waals surface area (Å²) in [5, 5.41) is 2.68. The molecule has 2 aromatic heterocycles. The number of fused-ring (bicyclic) bond motifs is 4. The lowest BCUT2D eigenvalue weighted by Crippen LogP contribution is -2.47. The van der Waals surface area contributed by atoms with E-state index < -0.39 is 11.7 Å². The van der Waals surface area contributed by atoms with E-state index in [4.69, 9.17) is 5.73 Å². The number of nitrogens with two attached hydrogens (primary N) is 1. The number of piperazine rings is 1. The zero-order valence-electron chi connectivity index (χ0n) is 24.1. The van der Waals surface area contributed by atoms with E-state index in [1.807, 2.05) is 59.5 Å². The van der Waals surface area contributed by atoms with E-state index in [0.717, 1.165) is 57.0 Å². The Labute approximate surface area is 252 Å². The van der Waals surface area contributed by atoms with Gasteiger partial charge >= 0.3 is 0 Å². The van der Waals surface area contributed by atoms with Gasteiger partial charge in [0.25, 0.3) is 11.8 Å². The van der Waals surface area contributed by atoms with Crippen molar-refractivity contribution in [2.45, 2.75) is 6.42 Å². The molecule has 1 aliphatic heterocycles. The molecule has 9 heteroatoms. The van der Waals surface area contributed by atoms with Crippen LogP contribution in [-0.2, 0) is 11.2 Å². The molecule has 1 saturated heterocycles. The summed E-state index contributed by atoms with van der Waals surface area (Å²) in [6.45, 7) is 3.03. The Balaban J connectivity index is 1.37. The topological polar surface area (TPSA) is 104 Å². The fourth-order valence-electron chi connectivity index (χ4n) is 6.26. The summed E-state index contributed by atoms with van der Waals surface area (Å²) in [6.07, 6.45) is 1.79. The van der Waals surface area contributed by atoms with Crippen molar-refractivity contribution in [2.24, 2.45) is 5.73 Å². The minimum Gasteiger partial charge on any atom is -0.369 e. The minimum atomic E-state index is -0.442. The predicted molar refractivity (Wildman–Crippen MR) is 169 cm³/mol. The van der Waals surface area contributed by atoms with E-state index in [9.17, 15) is 18.8 Å². The second-order valence-electron chi connectivity index (χ2n) is 11.4. The quantitative estimate of drug-likeness (QED) is 0.290. The number of amides is 2. The Bertz CT molecular complexity index is 2100. The fourth-order valence-corrected chi connectivity index (χ4v) is 6.26. The van der Waals surface area contributed by atoms with Crippen LogP contribution < -0.4 is 5.73 Å². The van der Waals surface area contributed by atoms with E-state index in [0.29, 0.717) is 29.7 Å². The number of carbonyl (C=O) groups excluding carboxylic acids is 3. The van der Waals surface area contributed by atoms with E-state index in [-0.39, 0.29) is 18.2 Å². The molecule has 1 fully saturated rings. The van der Waals surface area contributed by atoms with Crippen molar-refractivity contribution in [2.75, 3.05) is 33.2 Å². The first-order valence-corrected chi connectivity index (χ1v) is 14.5. The Morgan fingerprint density at radius 3 is 2.32 bits per heavy atom. The number of aromatic amines is 1. The molecule has 1 aliphatic rings. The first-order chi connectivity index (χ1) is 21.3. The van der Waals surface area contributed by atoms with Gasteiger partial charge in [-0.15, -0.1) is 0 Å². The summed E-state index contributed by atoms with van der Waals surface area (Å²) in [6, 6.07) is 22.8. The van der Waals surface area contributed by atoms with Gasteiger partial charge in [-0.3, -0.25) is 19.0 Å². The van der Waals surface area contributed by atoms with E-state index in [2.05, 4.69) is 16.9 Å². The van der Waals surface area contributed by atoms with Crippen molar-refractivity contribution in [3.8, 4) is 11.1 Å². The molecule has 44 heavy (non-hydrogen) atoms. The molecule has 0 aliphatic carbocycles. The summed E-state index contributed by atoms with van der Waals surface area (Å²) in [5.74, 6) is -1.11. The van der Waals surface area contributed by atoms with E-state index in [1.165, 1.54) is 24.3 Å². The third-order valence-corrected chi connectivity index (χ3v) is 8.58. The standard InChI is InChI=1S/C35H30FN5O3/c1-39-15-17-40(18-16-39)34(43)23-8-12-28-29(19-23)38-33-22(20-31(37)42)7-11-27(32(28)33)25-3-2-4-30-26(25)13-14-41(30)35(44)21-5-9-24(36)10-6-21/h2-14,19,38H,15-18,20H2,1H3,(H2,37,42). The van der Waals surface area contributed by atoms with Crippen molar-refractivity contribution < 1.29 is 18.8 Å². The molecule has 7 rings (SSSR count). The summed E-state index contributed by atoms with van der Waals surface area (Å²) in [4.78, 5) is 46.3. The molecule has 0 unspecified atom stereocenters. The zero-order valence-corrected chi connectivity index (χ0v) is 24.1. The van der Waals surface area contributed by atoms with Crippen LogP contribution in [0, 0.1) is 5.82 Å². The SMILES string of the molecule is CN1CCN(C(=O)c2ccc3c(c2)[nH]c2c(CC(N)=O)ccc(-c4cccc5c4ccn5C(=O)c4ccc(F)cc4)c23)CC1. The third kappa shape index (κ3) is 4.71. The zero-order chi connectivity index (χ0) is 30.5. The fraction of sp³-hybridized carbons (Fsp3) is 0.171. The molecule has 4 aromatic carbocycles. The Morgan fingerprint density at radius 1 is 0.818 bits per heavy atom. The highest BCUT2D eigenvalue weighted by molar-refractivity contribution is 6.19. The van der Waals surface area contributed by atoms with Crippen LogP contribution in [-0.4, -0.2) is 70.3 Å². The van der Waals surface area contributed by atoms with Crippen molar-refractivity contribution in [3.63, 3.8) is 0 Å². The maximum absolute atomic E-state index is 13.5. The van der Waals surface area contributed by atoms with Crippen LogP contribution in [0.5, 0.6) is 0 Å². The lowest BCUT2D eigenvalue weighted by Gasteiger charge is -2.32. The van der Waals surface area contributed by atoms with Gasteiger partial charge in [0.05, 0.1) is 17.5 Å². The number of carbonyl (C=O) groups is 3. The van der Waals surface area contributed by atoms with Crippen LogP contribution in [0.25, 0.3) is 43.8 Å². The number of hydrogen-bond acceptors (Lipinski definition) is 4. The summed E-state index contributed by atoms with van der Waals surface area (Å²) >= 11 is 0. The maximum Gasteiger partial charge on any atom is 0.262 e. The second-order valence-corrected chi connectivity index (χ2v) is 11.4. The van der Waals surface area contributed by atoms with Gasteiger partial charge < -0.3 is 20.5 Å². The highest BCUT2D eigenvalue weighted by Crippen LogP contribution is 2.40. The number of halogens is 1. The van der Waals surface area contributed by atoms with Gasteiger partial charge in [0.2, 0.25) is 5.91 Å². The number of H-pyrrole nitrogens is 1. The molecule has 3 heterocycles. The normalized spacial score (nSPS) is 14.1. The average molecular weight is 588 g/mol. The van der Waals surface area contributed by atoms with Crippen molar-refractivity contribution in [3.05, 3.63) is 108 Å². The van der Waals surface area contributed by atoms with Crippen molar-refractivity contribution >= 4 is 50.4 Å². The van der Waals surface area contributed by atoms with Crippen LogP contribution in [0.3, 0.4) is 0 Å². The number of hydrogen-bond donors (Lipinski definition) is 2. The van der Waals surface area contributed by atoms with Gasteiger partial charge in [-0.05, 0) is 72.3 Å². The average Bonchev–Trinajstić information content (AvgIpc) is 3.63. The molecule has 6 aromatic rings.